The summed E-state index contributed by atoms with van der Waals surface area (Å²) in [6, 6.07) is 7.97. The number of carboxylic acid groups (broad SMARTS) is 1. The van der Waals surface area contributed by atoms with Crippen molar-refractivity contribution in [2.45, 2.75) is 19.9 Å². The van der Waals surface area contributed by atoms with Gasteiger partial charge < -0.3 is 15.6 Å². The lowest BCUT2D eigenvalue weighted by atomic mass is 10.2. The van der Waals surface area contributed by atoms with E-state index in [4.69, 9.17) is 10.5 Å². The molecule has 3 aromatic rings. The summed E-state index contributed by atoms with van der Waals surface area (Å²) in [5.41, 5.74) is 5.40. The number of pyridine rings is 1. The Hall–Kier alpha value is -3.28. The number of nitrogens with two attached hydrogens (primary N) is 1. The van der Waals surface area contributed by atoms with E-state index in [1.165, 1.54) is 32.4 Å². The number of rotatable bonds is 7. The number of fused-ring (bicyclic) bond motifs is 1. The SMILES string of the molecule is C=CCOc1cccc2c1nc(-c1ncccc1C(=O)O)n2S(=O)(=O)N(C)C.CC(C)N. The van der Waals surface area contributed by atoms with Crippen LogP contribution in [-0.4, -0.2) is 64.5 Å². The fourth-order valence-electron chi connectivity index (χ4n) is 2.62. The molecule has 2 heterocycles. The second kappa shape index (κ2) is 10.4. The second-order valence-corrected chi connectivity index (χ2v) is 9.15. The molecule has 1 aromatic carbocycles. The highest BCUT2D eigenvalue weighted by molar-refractivity contribution is 7.87. The van der Waals surface area contributed by atoms with E-state index in [-0.39, 0.29) is 34.7 Å². The van der Waals surface area contributed by atoms with Gasteiger partial charge in [-0.1, -0.05) is 32.6 Å². The van der Waals surface area contributed by atoms with Crippen molar-refractivity contribution in [3.8, 4) is 17.3 Å². The topological polar surface area (TPSA) is 141 Å². The summed E-state index contributed by atoms with van der Waals surface area (Å²) >= 11 is 0. The van der Waals surface area contributed by atoms with Crippen molar-refractivity contribution in [2.24, 2.45) is 5.73 Å². The number of carbonyl (C=O) groups is 1. The van der Waals surface area contributed by atoms with E-state index >= 15 is 0 Å². The largest absolute Gasteiger partial charge is 0.487 e. The molecule has 172 valence electrons. The van der Waals surface area contributed by atoms with E-state index in [0.717, 1.165) is 8.28 Å². The van der Waals surface area contributed by atoms with Gasteiger partial charge in [0.1, 0.15) is 23.6 Å². The first kappa shape index (κ1) is 25.0. The molecule has 0 atom stereocenters. The highest BCUT2D eigenvalue weighted by Crippen LogP contribution is 2.32. The molecule has 0 saturated carbocycles. The van der Waals surface area contributed by atoms with Crippen molar-refractivity contribution in [1.29, 1.82) is 0 Å². The Labute approximate surface area is 187 Å². The fraction of sp³-hybridized carbons (Fsp3) is 0.286. The lowest BCUT2D eigenvalue weighted by Gasteiger charge is -2.15. The van der Waals surface area contributed by atoms with Crippen LogP contribution in [0, 0.1) is 0 Å². The maximum atomic E-state index is 13.0. The Balaban J connectivity index is 0.000000837. The average molecular weight is 462 g/mol. The first-order valence-electron chi connectivity index (χ1n) is 9.64. The van der Waals surface area contributed by atoms with Crippen LogP contribution in [0.15, 0.2) is 49.2 Å². The van der Waals surface area contributed by atoms with Gasteiger partial charge in [0.25, 0.3) is 0 Å². The lowest BCUT2D eigenvalue weighted by Crippen LogP contribution is -2.29. The van der Waals surface area contributed by atoms with Crippen molar-refractivity contribution in [3.63, 3.8) is 0 Å². The summed E-state index contributed by atoms with van der Waals surface area (Å²) in [5.74, 6) is -1.01. The van der Waals surface area contributed by atoms with Crippen LogP contribution in [0.1, 0.15) is 24.2 Å². The summed E-state index contributed by atoms with van der Waals surface area (Å²) in [4.78, 5) is 20.1. The predicted octanol–water partition coefficient (Wildman–Crippen LogP) is 2.37. The van der Waals surface area contributed by atoms with Crippen LogP contribution < -0.4 is 10.5 Å². The number of hydrogen-bond donors (Lipinski definition) is 2. The van der Waals surface area contributed by atoms with Gasteiger partial charge in [0.2, 0.25) is 0 Å². The van der Waals surface area contributed by atoms with Crippen molar-refractivity contribution in [2.75, 3.05) is 20.7 Å². The molecule has 0 aliphatic heterocycles. The summed E-state index contributed by atoms with van der Waals surface area (Å²) in [7, 11) is -1.29. The molecule has 0 aliphatic rings. The number of nitrogens with zero attached hydrogens (tertiary/aromatic N) is 4. The Morgan fingerprint density at radius 2 is 1.97 bits per heavy atom. The molecule has 3 N–H and O–H groups in total. The smallest absolute Gasteiger partial charge is 0.338 e. The molecule has 2 aromatic heterocycles. The zero-order valence-corrected chi connectivity index (χ0v) is 19.2. The average Bonchev–Trinajstić information content (AvgIpc) is 3.12. The summed E-state index contributed by atoms with van der Waals surface area (Å²) in [5, 5.41) is 9.50. The van der Waals surface area contributed by atoms with Crippen molar-refractivity contribution in [3.05, 3.63) is 54.7 Å². The van der Waals surface area contributed by atoms with Crippen molar-refractivity contribution >= 4 is 27.2 Å². The van der Waals surface area contributed by atoms with E-state index in [1.807, 2.05) is 13.8 Å². The molecule has 0 bridgehead atoms. The number of ether oxygens (including phenoxy) is 1. The molecule has 11 heteroatoms. The Morgan fingerprint density at radius 1 is 1.31 bits per heavy atom. The minimum Gasteiger partial charge on any atom is -0.487 e. The van der Waals surface area contributed by atoms with Gasteiger partial charge in [0.15, 0.2) is 5.82 Å². The first-order valence-corrected chi connectivity index (χ1v) is 11.0. The van der Waals surface area contributed by atoms with Gasteiger partial charge in [-0.3, -0.25) is 4.98 Å². The fourth-order valence-corrected chi connectivity index (χ4v) is 3.69. The molecule has 0 spiro atoms. The summed E-state index contributed by atoms with van der Waals surface area (Å²) in [6.45, 7) is 7.68. The van der Waals surface area contributed by atoms with E-state index in [9.17, 15) is 18.3 Å². The molecule has 10 nitrogen and oxygen atoms in total. The number of para-hydroxylation sites is 1. The standard InChI is InChI=1S/C18H18N4O5S.C3H9N/c1-4-11-27-14-9-5-8-13-16(14)20-17(22(13)28(25,26)21(2)3)15-12(18(23)24)7-6-10-19-15;1-3(2)4/h4-10H,1,11H2,2-3H3,(H,23,24);3H,4H2,1-2H3. The molecule has 0 radical (unpaired) electrons. The van der Waals surface area contributed by atoms with Gasteiger partial charge in [-0.25, -0.2) is 13.8 Å². The van der Waals surface area contributed by atoms with Gasteiger partial charge >= 0.3 is 16.2 Å². The molecular formula is C21H27N5O5S. The molecule has 3 rings (SSSR count). The van der Waals surface area contributed by atoms with Crippen LogP contribution in [0.25, 0.3) is 22.6 Å². The maximum absolute atomic E-state index is 13.0. The van der Waals surface area contributed by atoms with Crippen LogP contribution >= 0.6 is 0 Å². The first-order chi connectivity index (χ1) is 15.0. The van der Waals surface area contributed by atoms with Crippen LogP contribution in [0.3, 0.4) is 0 Å². The number of benzene rings is 1. The van der Waals surface area contributed by atoms with E-state index in [1.54, 1.807) is 24.3 Å². The third kappa shape index (κ3) is 5.31. The minimum absolute atomic E-state index is 0.0636. The molecule has 0 saturated heterocycles. The van der Waals surface area contributed by atoms with E-state index in [0.29, 0.717) is 11.8 Å². The minimum atomic E-state index is -4.04. The summed E-state index contributed by atoms with van der Waals surface area (Å²) in [6.07, 6.45) is 2.93. The maximum Gasteiger partial charge on any atom is 0.338 e. The van der Waals surface area contributed by atoms with Gasteiger partial charge in [-0.15, -0.1) is 0 Å². The Kier molecular flexibility index (Phi) is 8.08. The molecule has 0 aliphatic carbocycles. The van der Waals surface area contributed by atoms with Crippen LogP contribution in [-0.2, 0) is 10.2 Å². The van der Waals surface area contributed by atoms with E-state index in [2.05, 4.69) is 16.5 Å². The van der Waals surface area contributed by atoms with Gasteiger partial charge in [-0.2, -0.15) is 12.7 Å². The van der Waals surface area contributed by atoms with Crippen molar-refractivity contribution in [1.82, 2.24) is 18.2 Å². The van der Waals surface area contributed by atoms with E-state index < -0.39 is 16.2 Å². The highest BCUT2D eigenvalue weighted by atomic mass is 32.2. The molecule has 0 unspecified atom stereocenters. The quantitative estimate of drug-likeness (QED) is 0.511. The molecule has 32 heavy (non-hydrogen) atoms. The normalized spacial score (nSPS) is 11.3. The predicted molar refractivity (Wildman–Crippen MR) is 123 cm³/mol. The summed E-state index contributed by atoms with van der Waals surface area (Å²) < 4.78 is 33.6. The molecular weight excluding hydrogens is 434 g/mol. The van der Waals surface area contributed by atoms with Gasteiger partial charge in [-0.05, 0) is 30.3 Å². The van der Waals surface area contributed by atoms with Crippen LogP contribution in [0.4, 0.5) is 0 Å². The number of hydrogen-bond acceptors (Lipinski definition) is 7. The second-order valence-electron chi connectivity index (χ2n) is 7.16. The van der Waals surface area contributed by atoms with Crippen molar-refractivity contribution < 1.29 is 23.1 Å². The number of aromatic carboxylic acids is 1. The number of imidazole rings is 1. The number of aromatic nitrogens is 3. The van der Waals surface area contributed by atoms with Gasteiger partial charge in [0.05, 0.1) is 11.1 Å². The van der Waals surface area contributed by atoms with Crippen LogP contribution in [0.2, 0.25) is 0 Å². The Morgan fingerprint density at radius 3 is 2.53 bits per heavy atom. The zero-order valence-electron chi connectivity index (χ0n) is 18.4. The Bertz CT molecular complexity index is 1220. The highest BCUT2D eigenvalue weighted by Gasteiger charge is 2.29. The third-order valence-electron chi connectivity index (χ3n) is 3.91. The monoisotopic (exact) mass is 461 g/mol. The molecule has 0 fully saturated rings. The van der Waals surface area contributed by atoms with Crippen LogP contribution in [0.5, 0.6) is 5.75 Å². The third-order valence-corrected chi connectivity index (χ3v) is 5.66. The zero-order chi connectivity index (χ0) is 24.1. The molecule has 0 amide bonds. The van der Waals surface area contributed by atoms with Gasteiger partial charge in [0, 0.05) is 20.3 Å². The number of carboxylic acids is 1. The lowest BCUT2D eigenvalue weighted by molar-refractivity contribution is 0.0697.